The number of aliphatic hydroxyl groups is 1. The summed E-state index contributed by atoms with van der Waals surface area (Å²) in [5.41, 5.74) is 0.485. The number of benzene rings is 1. The average molecular weight is 363 g/mol. The normalized spacial score (nSPS) is 19.0. The zero-order chi connectivity index (χ0) is 12.3. The lowest BCUT2D eigenvalue weighted by molar-refractivity contribution is 0.0167. The van der Waals surface area contributed by atoms with Crippen LogP contribution in [0.25, 0.3) is 0 Å². The highest BCUT2D eigenvalue weighted by Crippen LogP contribution is 2.33. The van der Waals surface area contributed by atoms with E-state index in [4.69, 9.17) is 0 Å². The van der Waals surface area contributed by atoms with E-state index in [0.29, 0.717) is 6.54 Å². The van der Waals surface area contributed by atoms with Crippen molar-refractivity contribution in [1.29, 1.82) is 0 Å². The fourth-order valence-corrected chi connectivity index (χ4v) is 3.59. The van der Waals surface area contributed by atoms with Gasteiger partial charge in [0.05, 0.1) is 11.3 Å². The summed E-state index contributed by atoms with van der Waals surface area (Å²) in [5.74, 6) is 0. The fraction of sp³-hybridized carbons (Fsp3) is 0.538. The Bertz CT molecular complexity index is 369. The Morgan fingerprint density at radius 1 is 1.12 bits per heavy atom. The highest BCUT2D eigenvalue weighted by atomic mass is 79.9. The number of hydrogen-bond acceptors (Lipinski definition) is 2. The van der Waals surface area contributed by atoms with Crippen LogP contribution in [0.5, 0.6) is 0 Å². The standard InChI is InChI=1S/C13H17Br2NO/c14-10-5-4-6-11(15)12(10)16-9-13(17)7-2-1-3-8-13/h4-6,16-17H,1-3,7-9H2. The summed E-state index contributed by atoms with van der Waals surface area (Å²) in [7, 11) is 0. The van der Waals surface area contributed by atoms with Crippen molar-refractivity contribution in [3.8, 4) is 0 Å². The number of para-hydroxylation sites is 1. The maximum atomic E-state index is 10.4. The SMILES string of the molecule is OC1(CNc2c(Br)cccc2Br)CCCCC1. The molecule has 1 aliphatic carbocycles. The topological polar surface area (TPSA) is 32.3 Å². The Balaban J connectivity index is 2.02. The van der Waals surface area contributed by atoms with Gasteiger partial charge >= 0.3 is 0 Å². The van der Waals surface area contributed by atoms with Crippen LogP contribution >= 0.6 is 31.9 Å². The summed E-state index contributed by atoms with van der Waals surface area (Å²) in [6.07, 6.45) is 5.33. The molecule has 1 saturated carbocycles. The van der Waals surface area contributed by atoms with Gasteiger partial charge in [0.25, 0.3) is 0 Å². The minimum absolute atomic E-state index is 0.535. The predicted octanol–water partition coefficient (Wildman–Crippen LogP) is 4.32. The van der Waals surface area contributed by atoms with Gasteiger partial charge in [-0.15, -0.1) is 0 Å². The molecule has 1 aromatic rings. The number of anilines is 1. The molecule has 0 aromatic heterocycles. The molecule has 0 atom stereocenters. The monoisotopic (exact) mass is 361 g/mol. The van der Waals surface area contributed by atoms with E-state index < -0.39 is 5.60 Å². The molecule has 1 aliphatic rings. The fourth-order valence-electron chi connectivity index (χ4n) is 2.31. The van der Waals surface area contributed by atoms with E-state index in [9.17, 15) is 5.11 Å². The molecular formula is C13H17Br2NO. The van der Waals surface area contributed by atoms with Crippen LogP contribution < -0.4 is 5.32 Å². The van der Waals surface area contributed by atoms with E-state index in [0.717, 1.165) is 40.3 Å². The van der Waals surface area contributed by atoms with E-state index in [1.54, 1.807) is 0 Å². The minimum atomic E-state index is -0.535. The van der Waals surface area contributed by atoms with Crippen molar-refractivity contribution in [2.45, 2.75) is 37.7 Å². The first-order valence-electron chi connectivity index (χ1n) is 6.01. The number of hydrogen-bond donors (Lipinski definition) is 2. The lowest BCUT2D eigenvalue weighted by Gasteiger charge is -2.32. The highest BCUT2D eigenvalue weighted by Gasteiger charge is 2.29. The van der Waals surface area contributed by atoms with Crippen LogP contribution in [0.4, 0.5) is 5.69 Å². The Hall–Kier alpha value is -0.0600. The smallest absolute Gasteiger partial charge is 0.0819 e. The maximum Gasteiger partial charge on any atom is 0.0819 e. The first-order valence-corrected chi connectivity index (χ1v) is 7.60. The van der Waals surface area contributed by atoms with Crippen LogP contribution in [0, 0.1) is 0 Å². The second-order valence-electron chi connectivity index (χ2n) is 4.74. The van der Waals surface area contributed by atoms with Gasteiger partial charge in [0.2, 0.25) is 0 Å². The third-order valence-corrected chi connectivity index (χ3v) is 4.66. The van der Waals surface area contributed by atoms with Gasteiger partial charge in [-0.05, 0) is 56.8 Å². The largest absolute Gasteiger partial charge is 0.388 e. The average Bonchev–Trinajstić information content (AvgIpc) is 2.29. The van der Waals surface area contributed by atoms with Gasteiger partial charge in [0, 0.05) is 15.5 Å². The quantitative estimate of drug-likeness (QED) is 0.839. The van der Waals surface area contributed by atoms with E-state index in [2.05, 4.69) is 37.2 Å². The van der Waals surface area contributed by atoms with E-state index in [1.807, 2.05) is 18.2 Å². The first kappa shape index (κ1) is 13.4. The molecule has 0 radical (unpaired) electrons. The summed E-state index contributed by atoms with van der Waals surface area (Å²) in [5, 5.41) is 13.8. The summed E-state index contributed by atoms with van der Waals surface area (Å²) in [6, 6.07) is 5.98. The maximum absolute atomic E-state index is 10.4. The summed E-state index contributed by atoms with van der Waals surface area (Å²) >= 11 is 7.03. The molecule has 0 aliphatic heterocycles. The van der Waals surface area contributed by atoms with Gasteiger partial charge in [0.15, 0.2) is 0 Å². The lowest BCUT2D eigenvalue weighted by atomic mass is 9.85. The van der Waals surface area contributed by atoms with Crippen molar-refractivity contribution >= 4 is 37.5 Å². The van der Waals surface area contributed by atoms with Crippen LogP contribution in [0.15, 0.2) is 27.1 Å². The van der Waals surface area contributed by atoms with Crippen LogP contribution in [-0.2, 0) is 0 Å². The summed E-state index contributed by atoms with van der Waals surface area (Å²) in [6.45, 7) is 0.619. The molecule has 0 amide bonds. The Kier molecular flexibility index (Phi) is 4.50. The second kappa shape index (κ2) is 5.72. The van der Waals surface area contributed by atoms with Gasteiger partial charge in [-0.1, -0.05) is 25.3 Å². The van der Waals surface area contributed by atoms with Crippen molar-refractivity contribution < 1.29 is 5.11 Å². The van der Waals surface area contributed by atoms with E-state index in [1.165, 1.54) is 6.42 Å². The van der Waals surface area contributed by atoms with Gasteiger partial charge in [-0.3, -0.25) is 0 Å². The van der Waals surface area contributed by atoms with Crippen molar-refractivity contribution in [3.05, 3.63) is 27.1 Å². The number of nitrogens with one attached hydrogen (secondary N) is 1. The van der Waals surface area contributed by atoms with Crippen LogP contribution in [-0.4, -0.2) is 17.3 Å². The molecule has 1 fully saturated rings. The molecule has 0 unspecified atom stereocenters. The zero-order valence-corrected chi connectivity index (χ0v) is 12.8. The molecule has 0 heterocycles. The zero-order valence-electron chi connectivity index (χ0n) is 9.68. The molecule has 0 saturated heterocycles. The Morgan fingerprint density at radius 2 is 1.71 bits per heavy atom. The van der Waals surface area contributed by atoms with Gasteiger partial charge < -0.3 is 10.4 Å². The summed E-state index contributed by atoms with van der Waals surface area (Å²) < 4.78 is 2.04. The molecule has 0 bridgehead atoms. The molecule has 94 valence electrons. The van der Waals surface area contributed by atoms with Crippen LogP contribution in [0.2, 0.25) is 0 Å². The van der Waals surface area contributed by atoms with Crippen LogP contribution in [0.1, 0.15) is 32.1 Å². The molecule has 2 N–H and O–H groups in total. The summed E-state index contributed by atoms with van der Waals surface area (Å²) in [4.78, 5) is 0. The molecule has 2 rings (SSSR count). The predicted molar refractivity (Wildman–Crippen MR) is 78.4 cm³/mol. The minimum Gasteiger partial charge on any atom is -0.388 e. The number of halogens is 2. The van der Waals surface area contributed by atoms with Crippen molar-refractivity contribution in [2.75, 3.05) is 11.9 Å². The molecular weight excluding hydrogens is 346 g/mol. The van der Waals surface area contributed by atoms with E-state index >= 15 is 0 Å². The Labute approximate surface area is 119 Å². The third-order valence-electron chi connectivity index (χ3n) is 3.34. The van der Waals surface area contributed by atoms with Gasteiger partial charge in [0.1, 0.15) is 0 Å². The second-order valence-corrected chi connectivity index (χ2v) is 6.44. The first-order chi connectivity index (χ1) is 8.11. The molecule has 1 aromatic carbocycles. The molecule has 17 heavy (non-hydrogen) atoms. The highest BCUT2D eigenvalue weighted by molar-refractivity contribution is 9.11. The molecule has 2 nitrogen and oxygen atoms in total. The van der Waals surface area contributed by atoms with Crippen molar-refractivity contribution in [1.82, 2.24) is 0 Å². The third kappa shape index (κ3) is 3.46. The van der Waals surface area contributed by atoms with Gasteiger partial charge in [-0.25, -0.2) is 0 Å². The van der Waals surface area contributed by atoms with Crippen molar-refractivity contribution in [2.24, 2.45) is 0 Å². The van der Waals surface area contributed by atoms with E-state index in [-0.39, 0.29) is 0 Å². The van der Waals surface area contributed by atoms with Crippen molar-refractivity contribution in [3.63, 3.8) is 0 Å². The van der Waals surface area contributed by atoms with Crippen LogP contribution in [0.3, 0.4) is 0 Å². The van der Waals surface area contributed by atoms with Gasteiger partial charge in [-0.2, -0.15) is 0 Å². The lowest BCUT2D eigenvalue weighted by Crippen LogP contribution is -2.38. The molecule has 0 spiro atoms. The number of rotatable bonds is 3. The molecule has 4 heteroatoms. The Morgan fingerprint density at radius 3 is 2.29 bits per heavy atom.